The third-order valence-corrected chi connectivity index (χ3v) is 3.70. The molecule has 1 aliphatic carbocycles. The molecule has 4 nitrogen and oxygen atoms in total. The van der Waals surface area contributed by atoms with Crippen LogP contribution < -0.4 is 11.1 Å². The topological polar surface area (TPSA) is 64.3 Å². The van der Waals surface area contributed by atoms with Crippen molar-refractivity contribution in [2.24, 2.45) is 5.73 Å². The molecule has 1 saturated carbocycles. The van der Waals surface area contributed by atoms with Crippen LogP contribution in [0.5, 0.6) is 0 Å². The minimum Gasteiger partial charge on any atom is -0.380 e. The molecule has 1 aliphatic rings. The highest BCUT2D eigenvalue weighted by Gasteiger charge is 2.31. The fourth-order valence-electron chi connectivity index (χ4n) is 2.69. The summed E-state index contributed by atoms with van der Waals surface area (Å²) in [5.74, 6) is -0.00652. The lowest BCUT2D eigenvalue weighted by Crippen LogP contribution is -2.40. The summed E-state index contributed by atoms with van der Waals surface area (Å²) in [4.78, 5) is 12.1. The summed E-state index contributed by atoms with van der Waals surface area (Å²) in [5, 5.41) is 2.95. The molecule has 0 bridgehead atoms. The molecule has 1 amide bonds. The molecule has 1 fully saturated rings. The van der Waals surface area contributed by atoms with Crippen LogP contribution in [-0.2, 0) is 16.1 Å². The Morgan fingerprint density at radius 3 is 2.74 bits per heavy atom. The van der Waals surface area contributed by atoms with Gasteiger partial charge in [0.1, 0.15) is 0 Å². The van der Waals surface area contributed by atoms with E-state index in [0.29, 0.717) is 13.0 Å². The summed E-state index contributed by atoms with van der Waals surface area (Å²) in [5.41, 5.74) is 7.72. The molecule has 2 rings (SSSR count). The van der Waals surface area contributed by atoms with Crippen molar-refractivity contribution in [3.8, 4) is 0 Å². The molecule has 4 heteroatoms. The van der Waals surface area contributed by atoms with E-state index in [-0.39, 0.29) is 11.4 Å². The Kier molecular flexibility index (Phi) is 4.56. The zero-order valence-corrected chi connectivity index (χ0v) is 11.4. The van der Waals surface area contributed by atoms with Crippen molar-refractivity contribution in [2.45, 2.75) is 44.2 Å². The maximum absolute atomic E-state index is 12.1. The van der Waals surface area contributed by atoms with Crippen molar-refractivity contribution in [1.82, 2.24) is 0 Å². The summed E-state index contributed by atoms with van der Waals surface area (Å²) in [6.45, 7) is 0.490. The molecule has 0 aliphatic heterocycles. The van der Waals surface area contributed by atoms with Gasteiger partial charge in [0.15, 0.2) is 0 Å². The Balaban J connectivity index is 1.98. The number of benzene rings is 1. The van der Waals surface area contributed by atoms with Gasteiger partial charge in [-0.3, -0.25) is 4.79 Å². The number of hydrogen-bond donors (Lipinski definition) is 2. The van der Waals surface area contributed by atoms with Crippen molar-refractivity contribution < 1.29 is 9.53 Å². The van der Waals surface area contributed by atoms with Crippen molar-refractivity contribution in [2.75, 3.05) is 12.4 Å². The summed E-state index contributed by atoms with van der Waals surface area (Å²) in [6.07, 6.45) is 4.54. The van der Waals surface area contributed by atoms with Crippen LogP contribution in [-0.4, -0.2) is 18.6 Å². The average Bonchev–Trinajstić information content (AvgIpc) is 2.78. The number of carbonyl (C=O) groups excluding carboxylic acids is 1. The van der Waals surface area contributed by atoms with E-state index >= 15 is 0 Å². The lowest BCUT2D eigenvalue weighted by Gasteiger charge is -2.23. The second-order valence-corrected chi connectivity index (χ2v) is 5.38. The van der Waals surface area contributed by atoms with E-state index < -0.39 is 0 Å². The van der Waals surface area contributed by atoms with Gasteiger partial charge in [0.25, 0.3) is 0 Å². The van der Waals surface area contributed by atoms with Crippen LogP contribution in [0, 0.1) is 0 Å². The lowest BCUT2D eigenvalue weighted by molar-refractivity contribution is -0.117. The van der Waals surface area contributed by atoms with Gasteiger partial charge in [-0.15, -0.1) is 0 Å². The molecule has 0 heterocycles. The number of para-hydroxylation sites is 1. The first kappa shape index (κ1) is 14.0. The number of methoxy groups -OCH3 is 1. The van der Waals surface area contributed by atoms with E-state index in [9.17, 15) is 4.79 Å². The lowest BCUT2D eigenvalue weighted by atomic mass is 9.94. The largest absolute Gasteiger partial charge is 0.380 e. The van der Waals surface area contributed by atoms with E-state index in [2.05, 4.69) is 5.32 Å². The monoisotopic (exact) mass is 262 g/mol. The van der Waals surface area contributed by atoms with Gasteiger partial charge in [0.05, 0.1) is 6.61 Å². The van der Waals surface area contributed by atoms with Crippen molar-refractivity contribution in [1.29, 1.82) is 0 Å². The van der Waals surface area contributed by atoms with Gasteiger partial charge < -0.3 is 15.8 Å². The maximum Gasteiger partial charge on any atom is 0.226 e. The number of hydrogen-bond acceptors (Lipinski definition) is 3. The van der Waals surface area contributed by atoms with Gasteiger partial charge in [-0.1, -0.05) is 31.0 Å². The number of anilines is 1. The third-order valence-electron chi connectivity index (χ3n) is 3.70. The van der Waals surface area contributed by atoms with E-state index in [1.165, 1.54) is 0 Å². The number of ether oxygens (including phenoxy) is 1. The third kappa shape index (κ3) is 3.78. The van der Waals surface area contributed by atoms with Gasteiger partial charge in [-0.2, -0.15) is 0 Å². The molecule has 0 radical (unpaired) electrons. The molecule has 0 spiro atoms. The molecule has 0 atom stereocenters. The second-order valence-electron chi connectivity index (χ2n) is 5.38. The molecule has 0 saturated heterocycles. The number of nitrogens with two attached hydrogens (primary N) is 1. The maximum atomic E-state index is 12.1. The quantitative estimate of drug-likeness (QED) is 0.856. The SMILES string of the molecule is COCc1ccccc1NC(=O)CC1(N)CCCC1. The highest BCUT2D eigenvalue weighted by molar-refractivity contribution is 5.92. The summed E-state index contributed by atoms with van der Waals surface area (Å²) >= 11 is 0. The molecular formula is C15H22N2O2. The number of carbonyl (C=O) groups is 1. The number of rotatable bonds is 5. The first-order valence-corrected chi connectivity index (χ1v) is 6.78. The van der Waals surface area contributed by atoms with Gasteiger partial charge in [-0.25, -0.2) is 0 Å². The smallest absolute Gasteiger partial charge is 0.226 e. The Hall–Kier alpha value is -1.39. The van der Waals surface area contributed by atoms with Crippen molar-refractivity contribution >= 4 is 11.6 Å². The van der Waals surface area contributed by atoms with E-state index in [4.69, 9.17) is 10.5 Å². The second kappa shape index (κ2) is 6.17. The van der Waals surface area contributed by atoms with Crippen LogP contribution in [0.1, 0.15) is 37.7 Å². The summed E-state index contributed by atoms with van der Waals surface area (Å²) < 4.78 is 5.13. The Morgan fingerprint density at radius 1 is 1.37 bits per heavy atom. The van der Waals surface area contributed by atoms with Gasteiger partial charge in [0, 0.05) is 30.3 Å². The van der Waals surface area contributed by atoms with Crippen LogP contribution in [0.3, 0.4) is 0 Å². The minimum atomic E-state index is -0.305. The fraction of sp³-hybridized carbons (Fsp3) is 0.533. The van der Waals surface area contributed by atoms with Crippen molar-refractivity contribution in [3.05, 3.63) is 29.8 Å². The molecule has 104 valence electrons. The molecule has 1 aromatic rings. The van der Waals surface area contributed by atoms with Gasteiger partial charge >= 0.3 is 0 Å². The van der Waals surface area contributed by atoms with Crippen molar-refractivity contribution in [3.63, 3.8) is 0 Å². The molecule has 3 N–H and O–H groups in total. The Bertz CT molecular complexity index is 440. The van der Waals surface area contributed by atoms with Crippen LogP contribution in [0.2, 0.25) is 0 Å². The van der Waals surface area contributed by atoms with E-state index in [1.807, 2.05) is 24.3 Å². The number of amides is 1. The average molecular weight is 262 g/mol. The van der Waals surface area contributed by atoms with E-state index in [0.717, 1.165) is 36.9 Å². The van der Waals surface area contributed by atoms with Crippen LogP contribution in [0.25, 0.3) is 0 Å². The first-order valence-electron chi connectivity index (χ1n) is 6.78. The summed E-state index contributed by atoms with van der Waals surface area (Å²) in [7, 11) is 1.64. The first-order chi connectivity index (χ1) is 9.13. The van der Waals surface area contributed by atoms with Crippen LogP contribution in [0.4, 0.5) is 5.69 Å². The molecular weight excluding hydrogens is 240 g/mol. The van der Waals surface area contributed by atoms with Crippen LogP contribution in [0.15, 0.2) is 24.3 Å². The Labute approximate surface area is 114 Å². The van der Waals surface area contributed by atoms with Gasteiger partial charge in [-0.05, 0) is 18.9 Å². The van der Waals surface area contributed by atoms with E-state index in [1.54, 1.807) is 7.11 Å². The van der Waals surface area contributed by atoms with Crippen LogP contribution >= 0.6 is 0 Å². The Morgan fingerprint density at radius 2 is 2.05 bits per heavy atom. The fourth-order valence-corrected chi connectivity index (χ4v) is 2.69. The normalized spacial score (nSPS) is 17.4. The number of nitrogens with one attached hydrogen (secondary N) is 1. The zero-order chi connectivity index (χ0) is 13.7. The summed E-state index contributed by atoms with van der Waals surface area (Å²) in [6, 6.07) is 7.69. The van der Waals surface area contributed by atoms with Gasteiger partial charge in [0.2, 0.25) is 5.91 Å². The molecule has 0 aromatic heterocycles. The zero-order valence-electron chi connectivity index (χ0n) is 11.4. The molecule has 0 unspecified atom stereocenters. The predicted molar refractivity (Wildman–Crippen MR) is 75.8 cm³/mol. The highest BCUT2D eigenvalue weighted by atomic mass is 16.5. The highest BCUT2D eigenvalue weighted by Crippen LogP contribution is 2.30. The standard InChI is InChI=1S/C15H22N2O2/c1-19-11-12-6-2-3-7-13(12)17-14(18)10-15(16)8-4-5-9-15/h2-3,6-7H,4-5,8-11,16H2,1H3,(H,17,18). The minimum absolute atomic E-state index is 0.00652. The molecule has 1 aromatic carbocycles. The molecule has 19 heavy (non-hydrogen) atoms. The predicted octanol–water partition coefficient (Wildman–Crippen LogP) is 2.43.